The Bertz CT molecular complexity index is 957. The second kappa shape index (κ2) is 5.31. The second-order valence-corrected chi connectivity index (χ2v) is 5.27. The van der Waals surface area contributed by atoms with E-state index in [1.165, 1.54) is 12.1 Å². The van der Waals surface area contributed by atoms with Crippen LogP contribution in [0.5, 0.6) is 5.75 Å². The van der Waals surface area contributed by atoms with Crippen molar-refractivity contribution in [2.24, 2.45) is 0 Å². The molecule has 0 spiro atoms. The summed E-state index contributed by atoms with van der Waals surface area (Å²) in [5, 5.41) is 10.4. The quantitative estimate of drug-likeness (QED) is 0.727. The van der Waals surface area contributed by atoms with Crippen LogP contribution in [-0.4, -0.2) is 11.4 Å². The van der Waals surface area contributed by atoms with Crippen LogP contribution < -0.4 is 5.43 Å². The van der Waals surface area contributed by atoms with Crippen LogP contribution in [0, 0.1) is 6.92 Å². The molecule has 110 valence electrons. The Morgan fingerprint density at radius 1 is 1.18 bits per heavy atom. The normalized spacial score (nSPS) is 10.8. The van der Waals surface area contributed by atoms with Gasteiger partial charge in [0.05, 0.1) is 16.0 Å². The minimum absolute atomic E-state index is 0.0529. The summed E-state index contributed by atoms with van der Waals surface area (Å²) in [5.41, 5.74) is 0.687. The van der Waals surface area contributed by atoms with E-state index in [-0.39, 0.29) is 33.5 Å². The highest BCUT2D eigenvalue weighted by atomic mass is 35.5. The van der Waals surface area contributed by atoms with Gasteiger partial charge in [-0.3, -0.25) is 9.59 Å². The third kappa shape index (κ3) is 2.09. The summed E-state index contributed by atoms with van der Waals surface area (Å²) in [6.45, 7) is 1.64. The molecule has 0 aliphatic rings. The van der Waals surface area contributed by atoms with Crippen LogP contribution in [-0.2, 0) is 0 Å². The van der Waals surface area contributed by atoms with E-state index >= 15 is 0 Å². The van der Waals surface area contributed by atoms with Gasteiger partial charge in [-0.15, -0.1) is 0 Å². The lowest BCUT2D eigenvalue weighted by Gasteiger charge is -2.10. The number of phenolic OH excluding ortho intramolecular Hbond substituents is 1. The first-order valence-corrected chi connectivity index (χ1v) is 6.92. The van der Waals surface area contributed by atoms with Gasteiger partial charge >= 0.3 is 0 Å². The number of rotatable bonds is 2. The van der Waals surface area contributed by atoms with Crippen LogP contribution in [0.2, 0.25) is 5.02 Å². The Balaban J connectivity index is 2.48. The molecule has 2 aromatic carbocycles. The first-order valence-electron chi connectivity index (χ1n) is 6.54. The number of aromatic hydroxyl groups is 1. The van der Waals surface area contributed by atoms with Crippen LogP contribution in [0.3, 0.4) is 0 Å². The molecule has 0 fully saturated rings. The number of aldehydes is 1. The van der Waals surface area contributed by atoms with E-state index in [2.05, 4.69) is 0 Å². The van der Waals surface area contributed by atoms with E-state index in [1.54, 1.807) is 31.2 Å². The van der Waals surface area contributed by atoms with Crippen molar-refractivity contribution < 1.29 is 14.3 Å². The summed E-state index contributed by atoms with van der Waals surface area (Å²) in [6.07, 6.45) is 0.465. The molecular weight excluding hydrogens is 304 g/mol. The molecule has 0 aliphatic heterocycles. The average molecular weight is 315 g/mol. The van der Waals surface area contributed by atoms with Crippen molar-refractivity contribution in [2.75, 3.05) is 0 Å². The summed E-state index contributed by atoms with van der Waals surface area (Å²) in [4.78, 5) is 23.7. The monoisotopic (exact) mass is 314 g/mol. The molecule has 0 saturated carbocycles. The molecule has 22 heavy (non-hydrogen) atoms. The molecule has 1 heterocycles. The molecule has 0 saturated heterocycles. The molecule has 0 aliphatic carbocycles. The van der Waals surface area contributed by atoms with Gasteiger partial charge in [0, 0.05) is 11.1 Å². The van der Waals surface area contributed by atoms with Gasteiger partial charge in [0.2, 0.25) is 0 Å². The molecule has 0 radical (unpaired) electrons. The van der Waals surface area contributed by atoms with E-state index in [9.17, 15) is 14.7 Å². The third-order valence-corrected chi connectivity index (χ3v) is 3.87. The zero-order valence-corrected chi connectivity index (χ0v) is 12.3. The Morgan fingerprint density at radius 2 is 1.91 bits per heavy atom. The van der Waals surface area contributed by atoms with Crippen molar-refractivity contribution in [3.8, 4) is 17.1 Å². The van der Waals surface area contributed by atoms with Crippen LogP contribution in [0.4, 0.5) is 0 Å². The first-order chi connectivity index (χ1) is 10.5. The summed E-state index contributed by atoms with van der Waals surface area (Å²) < 4.78 is 5.77. The van der Waals surface area contributed by atoms with Gasteiger partial charge in [-0.05, 0) is 31.2 Å². The summed E-state index contributed by atoms with van der Waals surface area (Å²) in [7, 11) is 0. The summed E-state index contributed by atoms with van der Waals surface area (Å²) in [6, 6.07) is 9.69. The molecule has 1 N–H and O–H groups in total. The smallest absolute Gasteiger partial charge is 0.196 e. The maximum absolute atomic E-state index is 12.5. The molecule has 5 heteroatoms. The Kier molecular flexibility index (Phi) is 3.47. The second-order valence-electron chi connectivity index (χ2n) is 4.86. The molecule has 3 aromatic rings. The highest BCUT2D eigenvalue weighted by Gasteiger charge is 2.18. The number of fused-ring (bicyclic) bond motifs is 1. The number of carbonyl (C=O) groups is 1. The number of carbonyl (C=O) groups excluding carboxylic acids is 1. The molecule has 3 rings (SSSR count). The SMILES string of the molecule is Cc1c(-c2ccccc2Cl)oc2c(C=O)c(O)ccc2c1=O. The van der Waals surface area contributed by atoms with Gasteiger partial charge in [-0.2, -0.15) is 0 Å². The van der Waals surface area contributed by atoms with Gasteiger partial charge in [0.25, 0.3) is 0 Å². The highest BCUT2D eigenvalue weighted by molar-refractivity contribution is 6.33. The number of halogens is 1. The molecule has 0 atom stereocenters. The van der Waals surface area contributed by atoms with Crippen molar-refractivity contribution in [3.05, 3.63) is 62.8 Å². The number of hydrogen-bond acceptors (Lipinski definition) is 4. The molecule has 0 unspecified atom stereocenters. The number of benzene rings is 2. The number of hydrogen-bond donors (Lipinski definition) is 1. The summed E-state index contributed by atoms with van der Waals surface area (Å²) >= 11 is 6.16. The Labute approximate surface area is 130 Å². The van der Waals surface area contributed by atoms with Gasteiger partial charge < -0.3 is 9.52 Å². The predicted octanol–water partition coefficient (Wildman–Crippen LogP) is 3.94. The zero-order valence-electron chi connectivity index (χ0n) is 11.6. The van der Waals surface area contributed by atoms with Crippen molar-refractivity contribution in [2.45, 2.75) is 6.92 Å². The predicted molar refractivity (Wildman–Crippen MR) is 84.7 cm³/mol. The Morgan fingerprint density at radius 3 is 2.59 bits per heavy atom. The van der Waals surface area contributed by atoms with Crippen molar-refractivity contribution in [1.29, 1.82) is 0 Å². The van der Waals surface area contributed by atoms with Crippen LogP contribution >= 0.6 is 11.6 Å². The van der Waals surface area contributed by atoms with Crippen molar-refractivity contribution in [1.82, 2.24) is 0 Å². The van der Waals surface area contributed by atoms with Crippen molar-refractivity contribution >= 4 is 28.9 Å². The molecular formula is C17H11ClO4. The first kappa shape index (κ1) is 14.4. The maximum atomic E-state index is 12.5. The fourth-order valence-electron chi connectivity index (χ4n) is 2.38. The van der Waals surface area contributed by atoms with Crippen LogP contribution in [0.25, 0.3) is 22.3 Å². The summed E-state index contributed by atoms with van der Waals surface area (Å²) in [5.74, 6) is 0.0522. The number of phenols is 1. The van der Waals surface area contributed by atoms with Gasteiger partial charge in [0.1, 0.15) is 11.5 Å². The van der Waals surface area contributed by atoms with Crippen LogP contribution in [0.15, 0.2) is 45.6 Å². The minimum Gasteiger partial charge on any atom is -0.507 e. The van der Waals surface area contributed by atoms with E-state index in [0.717, 1.165) is 0 Å². The average Bonchev–Trinajstić information content (AvgIpc) is 2.51. The van der Waals surface area contributed by atoms with Gasteiger partial charge in [-0.1, -0.05) is 23.7 Å². The Hall–Kier alpha value is -2.59. The van der Waals surface area contributed by atoms with Crippen LogP contribution in [0.1, 0.15) is 15.9 Å². The fourth-order valence-corrected chi connectivity index (χ4v) is 2.60. The lowest BCUT2D eigenvalue weighted by Crippen LogP contribution is -2.08. The molecule has 1 aromatic heterocycles. The van der Waals surface area contributed by atoms with E-state index in [1.807, 2.05) is 0 Å². The van der Waals surface area contributed by atoms with E-state index < -0.39 is 0 Å². The van der Waals surface area contributed by atoms with Crippen molar-refractivity contribution in [3.63, 3.8) is 0 Å². The zero-order chi connectivity index (χ0) is 15.9. The topological polar surface area (TPSA) is 67.5 Å². The lowest BCUT2D eigenvalue weighted by molar-refractivity contribution is 0.112. The van der Waals surface area contributed by atoms with Gasteiger partial charge in [-0.25, -0.2) is 0 Å². The van der Waals surface area contributed by atoms with E-state index in [4.69, 9.17) is 16.0 Å². The standard InChI is InChI=1S/C17H11ClO4/c1-9-15(21)11-6-7-14(20)12(8-19)17(11)22-16(9)10-4-2-3-5-13(10)18/h2-8,20H,1H3. The van der Waals surface area contributed by atoms with E-state index in [0.29, 0.717) is 22.4 Å². The van der Waals surface area contributed by atoms with Gasteiger partial charge in [0.15, 0.2) is 17.3 Å². The third-order valence-electron chi connectivity index (χ3n) is 3.54. The molecule has 4 nitrogen and oxygen atoms in total. The molecule has 0 amide bonds. The maximum Gasteiger partial charge on any atom is 0.196 e. The lowest BCUT2D eigenvalue weighted by atomic mass is 10.0. The fraction of sp³-hybridized carbons (Fsp3) is 0.0588. The largest absolute Gasteiger partial charge is 0.507 e. The highest BCUT2D eigenvalue weighted by Crippen LogP contribution is 2.33. The minimum atomic E-state index is -0.265. The molecule has 0 bridgehead atoms.